The Bertz CT molecular complexity index is 408. The SMILES string of the molecule is COC(=O)C1CC(c2cccc(OC)n2)CN1. The number of rotatable bonds is 3. The Balaban J connectivity index is 2.07. The molecule has 2 atom stereocenters. The summed E-state index contributed by atoms with van der Waals surface area (Å²) in [5.74, 6) is 0.619. The van der Waals surface area contributed by atoms with E-state index in [0.717, 1.165) is 12.2 Å². The Morgan fingerprint density at radius 1 is 1.47 bits per heavy atom. The number of methoxy groups -OCH3 is 2. The number of esters is 1. The molecule has 92 valence electrons. The molecule has 0 aromatic carbocycles. The highest BCUT2D eigenvalue weighted by Gasteiger charge is 2.31. The predicted molar refractivity (Wildman–Crippen MR) is 62.0 cm³/mol. The Labute approximate surface area is 100 Å². The molecule has 0 radical (unpaired) electrons. The number of carbonyl (C=O) groups excluding carboxylic acids is 1. The highest BCUT2D eigenvalue weighted by Crippen LogP contribution is 2.25. The van der Waals surface area contributed by atoms with Crippen LogP contribution in [0.5, 0.6) is 5.88 Å². The largest absolute Gasteiger partial charge is 0.481 e. The minimum absolute atomic E-state index is 0.213. The van der Waals surface area contributed by atoms with Gasteiger partial charge in [-0.15, -0.1) is 0 Å². The molecule has 17 heavy (non-hydrogen) atoms. The number of hydrogen-bond acceptors (Lipinski definition) is 5. The first-order valence-electron chi connectivity index (χ1n) is 5.56. The van der Waals surface area contributed by atoms with Gasteiger partial charge in [0.05, 0.1) is 14.2 Å². The van der Waals surface area contributed by atoms with E-state index in [-0.39, 0.29) is 17.9 Å². The molecule has 1 aliphatic rings. The fourth-order valence-corrected chi connectivity index (χ4v) is 2.05. The van der Waals surface area contributed by atoms with E-state index in [2.05, 4.69) is 10.3 Å². The van der Waals surface area contributed by atoms with Gasteiger partial charge in [0.1, 0.15) is 6.04 Å². The molecular formula is C12H16N2O3. The molecule has 2 heterocycles. The van der Waals surface area contributed by atoms with Gasteiger partial charge in [-0.05, 0) is 12.5 Å². The second-order valence-electron chi connectivity index (χ2n) is 4.02. The van der Waals surface area contributed by atoms with Crippen LogP contribution in [-0.2, 0) is 9.53 Å². The molecule has 1 aliphatic heterocycles. The van der Waals surface area contributed by atoms with Crippen molar-refractivity contribution in [1.29, 1.82) is 0 Å². The third-order valence-corrected chi connectivity index (χ3v) is 2.99. The average Bonchev–Trinajstić information content (AvgIpc) is 2.87. The molecule has 0 amide bonds. The second-order valence-corrected chi connectivity index (χ2v) is 4.02. The zero-order chi connectivity index (χ0) is 12.3. The number of nitrogens with one attached hydrogen (secondary N) is 1. The van der Waals surface area contributed by atoms with E-state index in [9.17, 15) is 4.79 Å². The molecule has 5 heteroatoms. The maximum Gasteiger partial charge on any atom is 0.322 e. The maximum absolute atomic E-state index is 11.4. The fraction of sp³-hybridized carbons (Fsp3) is 0.500. The van der Waals surface area contributed by atoms with Crippen molar-refractivity contribution in [1.82, 2.24) is 10.3 Å². The highest BCUT2D eigenvalue weighted by atomic mass is 16.5. The van der Waals surface area contributed by atoms with Gasteiger partial charge in [-0.1, -0.05) is 6.07 Å². The first-order valence-corrected chi connectivity index (χ1v) is 5.56. The molecule has 1 saturated heterocycles. The summed E-state index contributed by atoms with van der Waals surface area (Å²) >= 11 is 0. The first kappa shape index (κ1) is 11.9. The van der Waals surface area contributed by atoms with Gasteiger partial charge in [-0.2, -0.15) is 0 Å². The minimum Gasteiger partial charge on any atom is -0.481 e. The number of carbonyl (C=O) groups is 1. The van der Waals surface area contributed by atoms with Gasteiger partial charge in [0.15, 0.2) is 0 Å². The van der Waals surface area contributed by atoms with Crippen LogP contribution in [0.25, 0.3) is 0 Å². The Morgan fingerprint density at radius 2 is 2.29 bits per heavy atom. The number of nitrogens with zero attached hydrogens (tertiary/aromatic N) is 1. The van der Waals surface area contributed by atoms with Gasteiger partial charge < -0.3 is 14.8 Å². The molecule has 0 spiro atoms. The standard InChI is InChI=1S/C12H16N2O3/c1-16-11-5-3-4-9(14-11)8-6-10(13-7-8)12(15)17-2/h3-5,8,10,13H,6-7H2,1-2H3. The molecule has 5 nitrogen and oxygen atoms in total. The van der Waals surface area contributed by atoms with Crippen molar-refractivity contribution in [3.63, 3.8) is 0 Å². The van der Waals surface area contributed by atoms with Crippen molar-refractivity contribution in [2.45, 2.75) is 18.4 Å². The van der Waals surface area contributed by atoms with Crippen LogP contribution in [0.2, 0.25) is 0 Å². The summed E-state index contributed by atoms with van der Waals surface area (Å²) < 4.78 is 9.80. The third kappa shape index (κ3) is 2.55. The predicted octanol–water partition coefficient (Wildman–Crippen LogP) is 0.709. The lowest BCUT2D eigenvalue weighted by Crippen LogP contribution is -2.31. The summed E-state index contributed by atoms with van der Waals surface area (Å²) in [4.78, 5) is 15.8. The molecule has 0 bridgehead atoms. The van der Waals surface area contributed by atoms with Gasteiger partial charge in [0.2, 0.25) is 5.88 Å². The van der Waals surface area contributed by atoms with Crippen LogP contribution < -0.4 is 10.1 Å². The Kier molecular flexibility index (Phi) is 3.58. The number of hydrogen-bond donors (Lipinski definition) is 1. The van der Waals surface area contributed by atoms with Crippen LogP contribution in [-0.4, -0.2) is 37.8 Å². The molecule has 0 saturated carbocycles. The summed E-state index contributed by atoms with van der Waals surface area (Å²) in [6.45, 7) is 0.736. The monoisotopic (exact) mass is 236 g/mol. The van der Waals surface area contributed by atoms with Crippen molar-refractivity contribution in [3.05, 3.63) is 23.9 Å². The molecule has 1 N–H and O–H groups in total. The van der Waals surface area contributed by atoms with Crippen LogP contribution in [0.15, 0.2) is 18.2 Å². The van der Waals surface area contributed by atoms with E-state index in [1.165, 1.54) is 7.11 Å². The molecule has 1 fully saturated rings. The van der Waals surface area contributed by atoms with Crippen LogP contribution in [0.4, 0.5) is 0 Å². The van der Waals surface area contributed by atoms with Crippen molar-refractivity contribution in [2.75, 3.05) is 20.8 Å². The van der Waals surface area contributed by atoms with Crippen LogP contribution >= 0.6 is 0 Å². The van der Waals surface area contributed by atoms with Gasteiger partial charge >= 0.3 is 5.97 Å². The summed E-state index contributed by atoms with van der Waals surface area (Å²) in [5, 5.41) is 3.14. The maximum atomic E-state index is 11.4. The molecular weight excluding hydrogens is 220 g/mol. The normalized spacial score (nSPS) is 23.4. The van der Waals surface area contributed by atoms with Crippen molar-refractivity contribution in [3.8, 4) is 5.88 Å². The lowest BCUT2D eigenvalue weighted by atomic mass is 10.0. The number of aromatic nitrogens is 1. The molecule has 2 rings (SSSR count). The van der Waals surface area contributed by atoms with E-state index in [1.807, 2.05) is 18.2 Å². The third-order valence-electron chi connectivity index (χ3n) is 2.99. The van der Waals surface area contributed by atoms with Crippen molar-refractivity contribution >= 4 is 5.97 Å². The summed E-state index contributed by atoms with van der Waals surface area (Å²) in [6, 6.07) is 5.45. The van der Waals surface area contributed by atoms with E-state index < -0.39 is 0 Å². The van der Waals surface area contributed by atoms with E-state index in [4.69, 9.17) is 9.47 Å². The topological polar surface area (TPSA) is 60.5 Å². The molecule has 1 aromatic rings. The van der Waals surface area contributed by atoms with Gasteiger partial charge in [0.25, 0.3) is 0 Å². The van der Waals surface area contributed by atoms with Crippen LogP contribution in [0.3, 0.4) is 0 Å². The molecule has 1 aromatic heterocycles. The summed E-state index contributed by atoms with van der Waals surface area (Å²) in [6.07, 6.45) is 0.715. The molecule has 2 unspecified atom stereocenters. The van der Waals surface area contributed by atoms with Crippen molar-refractivity contribution < 1.29 is 14.3 Å². The van der Waals surface area contributed by atoms with E-state index in [0.29, 0.717) is 12.3 Å². The lowest BCUT2D eigenvalue weighted by Gasteiger charge is -2.09. The zero-order valence-electron chi connectivity index (χ0n) is 9.97. The van der Waals surface area contributed by atoms with Crippen LogP contribution in [0, 0.1) is 0 Å². The Morgan fingerprint density at radius 3 is 3.00 bits per heavy atom. The van der Waals surface area contributed by atoms with Gasteiger partial charge in [-0.25, -0.2) is 4.98 Å². The van der Waals surface area contributed by atoms with Crippen molar-refractivity contribution in [2.24, 2.45) is 0 Å². The van der Waals surface area contributed by atoms with E-state index >= 15 is 0 Å². The number of ether oxygens (including phenoxy) is 2. The highest BCUT2D eigenvalue weighted by molar-refractivity contribution is 5.76. The number of pyridine rings is 1. The quantitative estimate of drug-likeness (QED) is 0.783. The summed E-state index contributed by atoms with van der Waals surface area (Å²) in [7, 11) is 3.00. The summed E-state index contributed by atoms with van der Waals surface area (Å²) in [5.41, 5.74) is 0.947. The van der Waals surface area contributed by atoms with Gasteiger partial charge in [0, 0.05) is 24.2 Å². The smallest absolute Gasteiger partial charge is 0.322 e. The fourth-order valence-electron chi connectivity index (χ4n) is 2.05. The minimum atomic E-state index is -0.224. The average molecular weight is 236 g/mol. The Hall–Kier alpha value is -1.62. The lowest BCUT2D eigenvalue weighted by molar-refractivity contribution is -0.142. The van der Waals surface area contributed by atoms with Crippen LogP contribution in [0.1, 0.15) is 18.0 Å². The van der Waals surface area contributed by atoms with Gasteiger partial charge in [-0.3, -0.25) is 4.79 Å². The van der Waals surface area contributed by atoms with E-state index in [1.54, 1.807) is 7.11 Å². The molecule has 0 aliphatic carbocycles. The second kappa shape index (κ2) is 5.14. The first-order chi connectivity index (χ1) is 8.24. The zero-order valence-corrected chi connectivity index (χ0v) is 9.97.